The highest BCUT2D eigenvalue weighted by atomic mass is 16.5. The molecule has 0 atom stereocenters. The van der Waals surface area contributed by atoms with Crippen molar-refractivity contribution in [3.05, 3.63) is 71.8 Å². The van der Waals surface area contributed by atoms with E-state index in [0.29, 0.717) is 17.8 Å². The molecule has 6 nitrogen and oxygen atoms in total. The van der Waals surface area contributed by atoms with E-state index >= 15 is 0 Å². The smallest absolute Gasteiger partial charge is 0.256 e. The maximum absolute atomic E-state index is 13.4. The monoisotopic (exact) mass is 443 g/mol. The Labute approximate surface area is 194 Å². The summed E-state index contributed by atoms with van der Waals surface area (Å²) in [5.74, 6) is -0.0353. The molecule has 0 unspecified atom stereocenters. The Morgan fingerprint density at radius 2 is 1.67 bits per heavy atom. The van der Waals surface area contributed by atoms with Crippen molar-refractivity contribution >= 4 is 34.0 Å². The summed E-state index contributed by atoms with van der Waals surface area (Å²) in [6.45, 7) is 3.80. The molecule has 1 saturated carbocycles. The molecule has 170 valence electrons. The zero-order valence-electron chi connectivity index (χ0n) is 18.9. The van der Waals surface area contributed by atoms with Crippen molar-refractivity contribution in [1.29, 1.82) is 0 Å². The number of amides is 2. The number of benzene rings is 3. The van der Waals surface area contributed by atoms with Crippen LogP contribution in [0.4, 0.5) is 11.4 Å². The van der Waals surface area contributed by atoms with Gasteiger partial charge in [0.2, 0.25) is 5.91 Å². The van der Waals surface area contributed by atoms with Gasteiger partial charge in [0.05, 0.1) is 24.5 Å². The lowest BCUT2D eigenvalue weighted by molar-refractivity contribution is -0.117. The number of carbonyl (C=O) groups excluding carboxylic acids is 2. The lowest BCUT2D eigenvalue weighted by atomic mass is 10.0. The topological polar surface area (TPSA) is 61.9 Å². The molecule has 1 N–H and O–H groups in total. The van der Waals surface area contributed by atoms with Crippen molar-refractivity contribution in [3.8, 4) is 0 Å². The largest absolute Gasteiger partial charge is 0.378 e. The summed E-state index contributed by atoms with van der Waals surface area (Å²) in [4.78, 5) is 29.9. The average molecular weight is 444 g/mol. The van der Waals surface area contributed by atoms with E-state index in [1.807, 2.05) is 36.4 Å². The number of fused-ring (bicyclic) bond motifs is 1. The second kappa shape index (κ2) is 9.24. The van der Waals surface area contributed by atoms with E-state index in [0.717, 1.165) is 55.5 Å². The van der Waals surface area contributed by atoms with Crippen LogP contribution in [0.25, 0.3) is 10.8 Å². The molecular formula is C27H29N3O3. The highest BCUT2D eigenvalue weighted by Crippen LogP contribution is 2.32. The van der Waals surface area contributed by atoms with Crippen LogP contribution in [0, 0.1) is 5.92 Å². The molecule has 1 heterocycles. The summed E-state index contributed by atoms with van der Waals surface area (Å²) in [7, 11) is 1.81. The molecule has 3 aromatic carbocycles. The van der Waals surface area contributed by atoms with Crippen molar-refractivity contribution in [3.63, 3.8) is 0 Å². The number of anilines is 2. The van der Waals surface area contributed by atoms with Crippen LogP contribution in [0.2, 0.25) is 0 Å². The van der Waals surface area contributed by atoms with Gasteiger partial charge in [0.1, 0.15) is 0 Å². The first-order valence-corrected chi connectivity index (χ1v) is 11.6. The number of hydrogen-bond acceptors (Lipinski definition) is 4. The molecule has 5 rings (SSSR count). The number of nitrogens with one attached hydrogen (secondary N) is 1. The van der Waals surface area contributed by atoms with Gasteiger partial charge in [-0.25, -0.2) is 0 Å². The summed E-state index contributed by atoms with van der Waals surface area (Å²) < 4.78 is 5.43. The van der Waals surface area contributed by atoms with Gasteiger partial charge in [-0.3, -0.25) is 9.59 Å². The normalized spacial score (nSPS) is 16.0. The van der Waals surface area contributed by atoms with Gasteiger partial charge >= 0.3 is 0 Å². The van der Waals surface area contributed by atoms with Crippen LogP contribution < -0.4 is 10.2 Å². The first-order valence-electron chi connectivity index (χ1n) is 11.6. The molecule has 0 aromatic heterocycles. The van der Waals surface area contributed by atoms with Crippen molar-refractivity contribution in [2.45, 2.75) is 19.4 Å². The maximum Gasteiger partial charge on any atom is 0.256 e. The first-order chi connectivity index (χ1) is 16.1. The Hall–Kier alpha value is -3.38. The molecule has 6 heteroatoms. The zero-order chi connectivity index (χ0) is 22.8. The number of carbonyl (C=O) groups is 2. The fraction of sp³-hybridized carbons (Fsp3) is 0.333. The van der Waals surface area contributed by atoms with Gasteiger partial charge in [0.15, 0.2) is 0 Å². The minimum absolute atomic E-state index is 0.000635. The third-order valence-corrected chi connectivity index (χ3v) is 6.40. The van der Waals surface area contributed by atoms with E-state index in [4.69, 9.17) is 4.74 Å². The quantitative estimate of drug-likeness (QED) is 0.617. The summed E-state index contributed by atoms with van der Waals surface area (Å²) in [6, 6.07) is 20.1. The average Bonchev–Trinajstić information content (AvgIpc) is 3.70. The van der Waals surface area contributed by atoms with Crippen molar-refractivity contribution in [2.24, 2.45) is 5.92 Å². The molecule has 1 aliphatic heterocycles. The number of hydrogen-bond donors (Lipinski definition) is 1. The maximum atomic E-state index is 13.4. The van der Waals surface area contributed by atoms with Gasteiger partial charge in [0, 0.05) is 38.3 Å². The Morgan fingerprint density at radius 1 is 1.00 bits per heavy atom. The van der Waals surface area contributed by atoms with Crippen LogP contribution in [0.3, 0.4) is 0 Å². The Bertz CT molecular complexity index is 1160. The summed E-state index contributed by atoms with van der Waals surface area (Å²) in [5.41, 5.74) is 3.35. The van der Waals surface area contributed by atoms with Crippen LogP contribution in [0.5, 0.6) is 0 Å². The predicted molar refractivity (Wildman–Crippen MR) is 131 cm³/mol. The highest BCUT2D eigenvalue weighted by molar-refractivity contribution is 6.08. The Balaban J connectivity index is 1.35. The molecule has 2 aliphatic rings. The van der Waals surface area contributed by atoms with E-state index in [9.17, 15) is 9.59 Å². The van der Waals surface area contributed by atoms with Crippen molar-refractivity contribution in [1.82, 2.24) is 4.90 Å². The SMILES string of the molecule is CN(Cc1ccc(N2CCOCC2)cc1)C(=O)c1cc2ccccc2cc1NC(=O)C1CC1. The van der Waals surface area contributed by atoms with Crippen molar-refractivity contribution < 1.29 is 14.3 Å². The van der Waals surface area contributed by atoms with Crippen LogP contribution in [0.15, 0.2) is 60.7 Å². The fourth-order valence-electron chi connectivity index (χ4n) is 4.29. The molecule has 1 saturated heterocycles. The summed E-state index contributed by atoms with van der Waals surface area (Å²) >= 11 is 0. The minimum Gasteiger partial charge on any atom is -0.378 e. The molecule has 3 aromatic rings. The lowest BCUT2D eigenvalue weighted by Gasteiger charge is -2.29. The number of ether oxygens (including phenoxy) is 1. The number of rotatable bonds is 6. The second-order valence-corrected chi connectivity index (χ2v) is 8.94. The summed E-state index contributed by atoms with van der Waals surface area (Å²) in [6.07, 6.45) is 1.84. The molecule has 0 bridgehead atoms. The molecule has 2 fully saturated rings. The predicted octanol–water partition coefficient (Wildman–Crippen LogP) is 4.30. The van der Waals surface area contributed by atoms with Crippen molar-refractivity contribution in [2.75, 3.05) is 43.6 Å². The van der Waals surface area contributed by atoms with E-state index in [1.165, 1.54) is 5.69 Å². The molecule has 1 aliphatic carbocycles. The number of morpholine rings is 1. The van der Waals surface area contributed by atoms with Gasteiger partial charge in [-0.15, -0.1) is 0 Å². The van der Waals surface area contributed by atoms with E-state index < -0.39 is 0 Å². The third kappa shape index (κ3) is 4.86. The van der Waals surface area contributed by atoms with Gasteiger partial charge < -0.3 is 19.9 Å². The Kier molecular flexibility index (Phi) is 6.01. The molecule has 2 amide bonds. The molecular weight excluding hydrogens is 414 g/mol. The van der Waals surface area contributed by atoms with Gasteiger partial charge in [-0.2, -0.15) is 0 Å². The lowest BCUT2D eigenvalue weighted by Crippen LogP contribution is -2.36. The van der Waals surface area contributed by atoms with Crippen LogP contribution in [0.1, 0.15) is 28.8 Å². The molecule has 0 radical (unpaired) electrons. The van der Waals surface area contributed by atoms with Gasteiger partial charge in [0.25, 0.3) is 5.91 Å². The van der Waals surface area contributed by atoms with Crippen LogP contribution in [-0.2, 0) is 16.1 Å². The van der Waals surface area contributed by atoms with Gasteiger partial charge in [-0.05, 0) is 53.4 Å². The third-order valence-electron chi connectivity index (χ3n) is 6.40. The zero-order valence-corrected chi connectivity index (χ0v) is 18.9. The standard InChI is InChI=1S/C27H29N3O3/c1-29(18-19-6-10-23(11-7-19)30-12-14-33-15-13-30)27(32)24-16-21-4-2-3-5-22(21)17-25(24)28-26(31)20-8-9-20/h2-7,10-11,16-17,20H,8-9,12-15,18H2,1H3,(H,28,31). The van der Waals surface area contributed by atoms with E-state index in [-0.39, 0.29) is 17.7 Å². The van der Waals surface area contributed by atoms with Crippen LogP contribution >= 0.6 is 0 Å². The van der Waals surface area contributed by atoms with E-state index in [1.54, 1.807) is 11.9 Å². The Morgan fingerprint density at radius 3 is 2.33 bits per heavy atom. The molecule has 0 spiro atoms. The number of nitrogens with zero attached hydrogens (tertiary/aromatic N) is 2. The summed E-state index contributed by atoms with van der Waals surface area (Å²) in [5, 5.41) is 4.99. The second-order valence-electron chi connectivity index (χ2n) is 8.94. The fourth-order valence-corrected chi connectivity index (χ4v) is 4.29. The molecule has 33 heavy (non-hydrogen) atoms. The van der Waals surface area contributed by atoms with E-state index in [2.05, 4.69) is 34.5 Å². The van der Waals surface area contributed by atoms with Gasteiger partial charge in [-0.1, -0.05) is 36.4 Å². The first kappa shape index (κ1) is 21.5. The minimum atomic E-state index is -0.107. The highest BCUT2D eigenvalue weighted by Gasteiger charge is 2.30. The van der Waals surface area contributed by atoms with Crippen LogP contribution in [-0.4, -0.2) is 50.1 Å².